The number of fused-ring (bicyclic) bond motifs is 1. The molecule has 0 radical (unpaired) electrons. The van der Waals surface area contributed by atoms with Gasteiger partial charge in [0.05, 0.1) is 0 Å². The van der Waals surface area contributed by atoms with Crippen molar-refractivity contribution in [2.45, 2.75) is 36.8 Å². The highest BCUT2D eigenvalue weighted by Gasteiger charge is 2.59. The highest BCUT2D eigenvalue weighted by atomic mass is 16.4. The molecule has 0 saturated heterocycles. The maximum absolute atomic E-state index is 11.9. The fourth-order valence-corrected chi connectivity index (χ4v) is 4.48. The van der Waals surface area contributed by atoms with Gasteiger partial charge in [0.1, 0.15) is 0 Å². The molecule has 2 aliphatic rings. The summed E-state index contributed by atoms with van der Waals surface area (Å²) in [6, 6.07) is 19.0. The minimum atomic E-state index is -1.82. The predicted molar refractivity (Wildman–Crippen MR) is 104 cm³/mol. The van der Waals surface area contributed by atoms with Gasteiger partial charge in [-0.15, -0.1) is 0 Å². The van der Waals surface area contributed by atoms with Gasteiger partial charge in [0, 0.05) is 17.5 Å². The lowest BCUT2D eigenvalue weighted by Crippen LogP contribution is -2.64. The van der Waals surface area contributed by atoms with Gasteiger partial charge in [-0.1, -0.05) is 61.0 Å². The molecule has 1 heterocycles. The van der Waals surface area contributed by atoms with Crippen LogP contribution in [0.15, 0.2) is 54.6 Å². The molecule has 6 nitrogen and oxygen atoms in total. The number of hydrogen-bond acceptors (Lipinski definition) is 4. The molecule has 0 amide bonds. The van der Waals surface area contributed by atoms with Crippen molar-refractivity contribution < 1.29 is 24.9 Å². The third-order valence-corrected chi connectivity index (χ3v) is 6.05. The average Bonchev–Trinajstić information content (AvgIpc) is 2.65. The third kappa shape index (κ3) is 3.19. The van der Waals surface area contributed by atoms with Crippen LogP contribution in [0, 0.1) is 0 Å². The highest BCUT2D eigenvalue weighted by Crippen LogP contribution is 2.57. The first kappa shape index (κ1) is 20.0. The molecule has 6 heteroatoms. The summed E-state index contributed by atoms with van der Waals surface area (Å²) in [5.74, 6) is -3.65. The largest absolute Gasteiger partial charge is 0.473 e. The number of carbonyl (C=O) groups is 2. The van der Waals surface area contributed by atoms with Gasteiger partial charge in [-0.3, -0.25) is 4.90 Å². The van der Waals surface area contributed by atoms with Crippen LogP contribution in [0.3, 0.4) is 0 Å². The predicted octanol–water partition coefficient (Wildman–Crippen LogP) is 2.60. The first-order valence-corrected chi connectivity index (χ1v) is 9.36. The molecule has 148 valence electrons. The van der Waals surface area contributed by atoms with Crippen LogP contribution >= 0.6 is 0 Å². The maximum Gasteiger partial charge on any atom is 0.414 e. The maximum atomic E-state index is 11.9. The van der Waals surface area contributed by atoms with Gasteiger partial charge in [-0.2, -0.15) is 0 Å². The number of hydrogen-bond donors (Lipinski definition) is 3. The Morgan fingerprint density at radius 1 is 0.929 bits per heavy atom. The number of likely N-dealkylation sites (N-methyl/N-ethyl adjacent to an activating group) is 1. The van der Waals surface area contributed by atoms with Crippen LogP contribution in [0.4, 0.5) is 0 Å². The molecule has 28 heavy (non-hydrogen) atoms. The third-order valence-electron chi connectivity index (χ3n) is 6.05. The summed E-state index contributed by atoms with van der Waals surface area (Å²) in [5.41, 5.74) is 2.59. The van der Waals surface area contributed by atoms with E-state index in [1.807, 2.05) is 0 Å². The Balaban J connectivity index is 0.000000330. The topological polar surface area (TPSA) is 98.1 Å². The minimum Gasteiger partial charge on any atom is -0.473 e. The summed E-state index contributed by atoms with van der Waals surface area (Å²) >= 11 is 0. The Kier molecular flexibility index (Phi) is 5.54. The Labute approximate surface area is 164 Å². The van der Waals surface area contributed by atoms with Gasteiger partial charge in [0.15, 0.2) is 5.72 Å². The normalized spacial score (nSPS) is 22.8. The molecule has 3 N–H and O–H groups in total. The van der Waals surface area contributed by atoms with Crippen molar-refractivity contribution >= 4 is 11.9 Å². The Morgan fingerprint density at radius 3 is 2.04 bits per heavy atom. The fraction of sp³-hybridized carbons (Fsp3) is 0.364. The standard InChI is InChI=1S/C20H23NO.C2H2O4/c1-21-15-12-16-8-5-6-11-18(16)20(21,22)19(13-7-14-19)17-9-3-2-4-10-17;3-1(4)2(5)6/h2-6,8-11,22H,7,12-15H2,1H3;(H,3,4)(H,5,6). The molecule has 1 fully saturated rings. The molecule has 0 aromatic heterocycles. The second-order valence-corrected chi connectivity index (χ2v) is 7.41. The molecule has 2 aromatic rings. The number of benzene rings is 2. The molecule has 1 aliphatic heterocycles. The molecule has 0 bridgehead atoms. The van der Waals surface area contributed by atoms with Gasteiger partial charge in [0.2, 0.25) is 0 Å². The number of rotatable bonds is 2. The van der Waals surface area contributed by atoms with E-state index in [1.165, 1.54) is 17.5 Å². The van der Waals surface area contributed by atoms with Crippen LogP contribution < -0.4 is 0 Å². The van der Waals surface area contributed by atoms with Gasteiger partial charge in [-0.25, -0.2) is 9.59 Å². The van der Waals surface area contributed by atoms with Crippen molar-refractivity contribution in [3.8, 4) is 0 Å². The van der Waals surface area contributed by atoms with Crippen LogP contribution in [0.2, 0.25) is 0 Å². The SMILES string of the molecule is CN1CCc2ccccc2C1(O)C1(c2ccccc2)CCC1.O=C(O)C(=O)O. The van der Waals surface area contributed by atoms with Gasteiger partial charge in [0.25, 0.3) is 0 Å². The van der Waals surface area contributed by atoms with E-state index in [2.05, 4.69) is 66.5 Å². The van der Waals surface area contributed by atoms with E-state index in [-0.39, 0.29) is 5.41 Å². The molecule has 1 atom stereocenters. The first-order valence-electron chi connectivity index (χ1n) is 9.36. The second-order valence-electron chi connectivity index (χ2n) is 7.41. The molecule has 0 spiro atoms. The summed E-state index contributed by atoms with van der Waals surface area (Å²) in [7, 11) is 2.07. The van der Waals surface area contributed by atoms with Crippen molar-refractivity contribution in [2.24, 2.45) is 0 Å². The van der Waals surface area contributed by atoms with Crippen LogP contribution in [-0.2, 0) is 27.1 Å². The van der Waals surface area contributed by atoms with E-state index >= 15 is 0 Å². The lowest BCUT2D eigenvalue weighted by molar-refractivity contribution is -0.192. The van der Waals surface area contributed by atoms with Crippen LogP contribution in [0.1, 0.15) is 36.0 Å². The molecule has 1 aliphatic carbocycles. The zero-order chi connectivity index (χ0) is 20.4. The van der Waals surface area contributed by atoms with Crippen molar-refractivity contribution in [1.29, 1.82) is 0 Å². The number of aliphatic carboxylic acids is 2. The highest BCUT2D eigenvalue weighted by molar-refractivity contribution is 6.27. The van der Waals surface area contributed by atoms with Gasteiger partial charge < -0.3 is 15.3 Å². The average molecular weight is 383 g/mol. The zero-order valence-corrected chi connectivity index (χ0v) is 15.8. The number of aliphatic hydroxyl groups is 1. The number of carboxylic acids is 2. The number of nitrogens with zero attached hydrogens (tertiary/aromatic N) is 1. The van der Waals surface area contributed by atoms with Gasteiger partial charge >= 0.3 is 11.9 Å². The van der Waals surface area contributed by atoms with E-state index in [9.17, 15) is 5.11 Å². The van der Waals surface area contributed by atoms with Crippen molar-refractivity contribution in [3.05, 3.63) is 71.3 Å². The first-order chi connectivity index (χ1) is 13.3. The molecule has 2 aromatic carbocycles. The summed E-state index contributed by atoms with van der Waals surface area (Å²) < 4.78 is 0. The van der Waals surface area contributed by atoms with E-state index in [0.29, 0.717) is 0 Å². The van der Waals surface area contributed by atoms with E-state index in [4.69, 9.17) is 19.8 Å². The summed E-state index contributed by atoms with van der Waals surface area (Å²) in [6.07, 6.45) is 4.30. The van der Waals surface area contributed by atoms with Crippen LogP contribution in [0.5, 0.6) is 0 Å². The van der Waals surface area contributed by atoms with E-state index in [0.717, 1.165) is 31.4 Å². The van der Waals surface area contributed by atoms with Crippen LogP contribution in [0.25, 0.3) is 0 Å². The Hall–Kier alpha value is -2.70. The molecule has 1 unspecified atom stereocenters. The van der Waals surface area contributed by atoms with Crippen molar-refractivity contribution in [3.63, 3.8) is 0 Å². The monoisotopic (exact) mass is 383 g/mol. The fourth-order valence-electron chi connectivity index (χ4n) is 4.48. The quantitative estimate of drug-likeness (QED) is 0.690. The summed E-state index contributed by atoms with van der Waals surface area (Å²) in [6.45, 7) is 0.905. The Bertz CT molecular complexity index is 850. The van der Waals surface area contributed by atoms with Gasteiger partial charge in [-0.05, 0) is 37.4 Å². The van der Waals surface area contributed by atoms with Crippen molar-refractivity contribution in [2.75, 3.05) is 13.6 Å². The molecular formula is C22H25NO5. The lowest BCUT2D eigenvalue weighted by atomic mass is 9.55. The summed E-state index contributed by atoms with van der Waals surface area (Å²) in [5, 5.41) is 26.7. The molecular weight excluding hydrogens is 358 g/mol. The number of carboxylic acid groups (broad SMARTS) is 2. The van der Waals surface area contributed by atoms with Crippen molar-refractivity contribution in [1.82, 2.24) is 4.90 Å². The second kappa shape index (κ2) is 7.73. The molecule has 1 saturated carbocycles. The smallest absolute Gasteiger partial charge is 0.414 e. The van der Waals surface area contributed by atoms with E-state index in [1.54, 1.807) is 0 Å². The lowest BCUT2D eigenvalue weighted by Gasteiger charge is -2.59. The minimum absolute atomic E-state index is 0.181. The van der Waals surface area contributed by atoms with Crippen LogP contribution in [-0.4, -0.2) is 45.8 Å². The van der Waals surface area contributed by atoms with E-state index < -0.39 is 17.7 Å². The Morgan fingerprint density at radius 2 is 1.50 bits per heavy atom. The molecule has 4 rings (SSSR count). The summed E-state index contributed by atoms with van der Waals surface area (Å²) in [4.78, 5) is 20.4. The zero-order valence-electron chi connectivity index (χ0n) is 15.8.